The second-order valence-corrected chi connectivity index (χ2v) is 10.0. The van der Waals surface area contributed by atoms with Crippen LogP contribution in [0.2, 0.25) is 0 Å². The van der Waals surface area contributed by atoms with E-state index in [1.165, 1.54) is 37.8 Å². The van der Waals surface area contributed by atoms with E-state index in [1.54, 1.807) is 18.3 Å². The van der Waals surface area contributed by atoms with Crippen LogP contribution in [0.15, 0.2) is 42.7 Å². The largest absolute Gasteiger partial charge is 0.485 e. The van der Waals surface area contributed by atoms with Gasteiger partial charge in [0.1, 0.15) is 11.1 Å². The SMILES string of the molecule is COc1ccc(N(C[C@H]2Cc3c(c(F)cc4nc(-c5cc(C)cc6nc(OC)cnc56)sc34)O2)C(=O)O)cn1. The Morgan fingerprint density at radius 3 is 2.67 bits per heavy atom. The topological polar surface area (TPSA) is 120 Å². The summed E-state index contributed by atoms with van der Waals surface area (Å²) in [5, 5.41) is 10.5. The Kier molecular flexibility index (Phi) is 6.10. The van der Waals surface area contributed by atoms with Gasteiger partial charge in [0.05, 0.1) is 60.1 Å². The zero-order chi connectivity index (χ0) is 27.3. The lowest BCUT2D eigenvalue weighted by Gasteiger charge is -2.22. The molecule has 0 fully saturated rings. The minimum Gasteiger partial charge on any atom is -0.485 e. The van der Waals surface area contributed by atoms with Crippen LogP contribution in [0.3, 0.4) is 0 Å². The number of benzene rings is 2. The Hall–Kier alpha value is -4.58. The van der Waals surface area contributed by atoms with Gasteiger partial charge in [0.25, 0.3) is 0 Å². The average molecular weight is 548 g/mol. The first-order chi connectivity index (χ1) is 18.8. The molecule has 1 aliphatic rings. The number of aryl methyl sites for hydroxylation is 1. The van der Waals surface area contributed by atoms with Crippen molar-refractivity contribution in [2.75, 3.05) is 25.7 Å². The van der Waals surface area contributed by atoms with Crippen molar-refractivity contribution < 1.29 is 28.5 Å². The standard InChI is InChI=1S/C27H22FN5O5S/c1-13-6-16(23-19(7-13)31-22(37-3)11-30-23)26-32-20-9-18(28)24-17(25(20)39-26)8-15(38-24)12-33(27(34)35)14-4-5-21(36-2)29-10-14/h4-7,9-11,15H,8,12H2,1-3H3,(H,34,35)/t15-/m1/s1. The van der Waals surface area contributed by atoms with Crippen LogP contribution in [0.5, 0.6) is 17.5 Å². The summed E-state index contributed by atoms with van der Waals surface area (Å²) in [6, 6.07) is 8.42. The maximum absolute atomic E-state index is 15.2. The van der Waals surface area contributed by atoms with Crippen molar-refractivity contribution in [1.29, 1.82) is 0 Å². The summed E-state index contributed by atoms with van der Waals surface area (Å²) >= 11 is 1.42. The van der Waals surface area contributed by atoms with E-state index in [1.807, 2.05) is 19.1 Å². The number of hydrogen-bond acceptors (Lipinski definition) is 9. The van der Waals surface area contributed by atoms with E-state index in [4.69, 9.17) is 19.2 Å². The number of carbonyl (C=O) groups is 1. The number of nitrogens with zero attached hydrogens (tertiary/aromatic N) is 5. The summed E-state index contributed by atoms with van der Waals surface area (Å²) in [4.78, 5) is 31.0. The minimum atomic E-state index is -1.17. The number of fused-ring (bicyclic) bond motifs is 4. The van der Waals surface area contributed by atoms with Gasteiger partial charge in [-0.1, -0.05) is 0 Å². The Morgan fingerprint density at radius 2 is 1.95 bits per heavy atom. The van der Waals surface area contributed by atoms with Gasteiger partial charge >= 0.3 is 6.09 Å². The maximum Gasteiger partial charge on any atom is 0.411 e. The number of carboxylic acid groups (broad SMARTS) is 1. The van der Waals surface area contributed by atoms with Crippen LogP contribution in [0, 0.1) is 12.7 Å². The van der Waals surface area contributed by atoms with Crippen LogP contribution >= 0.6 is 11.3 Å². The van der Waals surface area contributed by atoms with E-state index in [2.05, 4.69) is 15.0 Å². The van der Waals surface area contributed by atoms with Crippen molar-refractivity contribution in [3.63, 3.8) is 0 Å². The number of amides is 1. The number of halogens is 1. The van der Waals surface area contributed by atoms with E-state index < -0.39 is 18.0 Å². The van der Waals surface area contributed by atoms with Crippen molar-refractivity contribution >= 4 is 44.4 Å². The molecule has 12 heteroatoms. The number of aromatic nitrogens is 4. The molecule has 6 rings (SSSR count). The molecular weight excluding hydrogens is 525 g/mol. The molecule has 39 heavy (non-hydrogen) atoms. The molecule has 10 nitrogen and oxygen atoms in total. The van der Waals surface area contributed by atoms with Gasteiger partial charge in [-0.3, -0.25) is 4.90 Å². The highest BCUT2D eigenvalue weighted by atomic mass is 32.1. The molecule has 0 aliphatic carbocycles. The molecule has 3 aromatic heterocycles. The van der Waals surface area contributed by atoms with Crippen molar-refractivity contribution in [2.45, 2.75) is 19.4 Å². The van der Waals surface area contributed by atoms with Crippen LogP contribution in [0.25, 0.3) is 31.8 Å². The molecule has 0 saturated heterocycles. The fourth-order valence-corrected chi connectivity index (χ4v) is 5.82. The second-order valence-electron chi connectivity index (χ2n) is 9.02. The Bertz CT molecular complexity index is 1740. The van der Waals surface area contributed by atoms with Crippen molar-refractivity contribution in [3.8, 4) is 28.1 Å². The molecule has 1 atom stereocenters. The lowest BCUT2D eigenvalue weighted by Crippen LogP contribution is -2.38. The number of methoxy groups -OCH3 is 2. The average Bonchev–Trinajstić information content (AvgIpc) is 3.55. The van der Waals surface area contributed by atoms with Crippen molar-refractivity contribution in [3.05, 3.63) is 59.7 Å². The van der Waals surface area contributed by atoms with Gasteiger partial charge < -0.3 is 19.3 Å². The number of anilines is 1. The van der Waals surface area contributed by atoms with E-state index in [-0.39, 0.29) is 12.3 Å². The monoisotopic (exact) mass is 547 g/mol. The third-order valence-corrected chi connectivity index (χ3v) is 7.63. The lowest BCUT2D eigenvalue weighted by molar-refractivity contribution is 0.190. The Morgan fingerprint density at radius 1 is 1.13 bits per heavy atom. The quantitative estimate of drug-likeness (QED) is 0.304. The van der Waals surface area contributed by atoms with Gasteiger partial charge in [0, 0.05) is 29.7 Å². The Labute approximate surface area is 225 Å². The first kappa shape index (κ1) is 24.7. The number of pyridine rings is 1. The fourth-order valence-electron chi connectivity index (χ4n) is 4.70. The molecule has 0 unspecified atom stereocenters. The van der Waals surface area contributed by atoms with Gasteiger partial charge in [-0.25, -0.2) is 29.1 Å². The number of ether oxygens (including phenoxy) is 3. The number of rotatable bonds is 6. The molecule has 5 aromatic rings. The summed E-state index contributed by atoms with van der Waals surface area (Å²) < 4.78 is 32.2. The molecule has 1 amide bonds. The molecule has 1 aliphatic heterocycles. The van der Waals surface area contributed by atoms with Crippen molar-refractivity contribution in [2.24, 2.45) is 0 Å². The van der Waals surface area contributed by atoms with Crippen LogP contribution in [-0.2, 0) is 6.42 Å². The van der Waals surface area contributed by atoms with Crippen LogP contribution in [0.4, 0.5) is 14.9 Å². The highest BCUT2D eigenvalue weighted by Crippen LogP contribution is 2.43. The first-order valence-electron chi connectivity index (χ1n) is 12.0. The van der Waals surface area contributed by atoms with E-state index in [0.717, 1.165) is 20.7 Å². The maximum atomic E-state index is 15.2. The third kappa shape index (κ3) is 4.42. The molecule has 0 radical (unpaired) electrons. The first-order valence-corrected chi connectivity index (χ1v) is 12.8. The minimum absolute atomic E-state index is 0.00937. The van der Waals surface area contributed by atoms with E-state index in [0.29, 0.717) is 51.0 Å². The highest BCUT2D eigenvalue weighted by molar-refractivity contribution is 7.22. The molecule has 198 valence electrons. The third-order valence-electron chi connectivity index (χ3n) is 6.47. The normalized spacial score (nSPS) is 14.3. The molecule has 1 N–H and O–H groups in total. The van der Waals surface area contributed by atoms with E-state index >= 15 is 4.39 Å². The van der Waals surface area contributed by atoms with Gasteiger partial charge in [0.2, 0.25) is 11.8 Å². The zero-order valence-electron chi connectivity index (χ0n) is 21.1. The summed E-state index contributed by atoms with van der Waals surface area (Å²) in [7, 11) is 3.01. The Balaban J connectivity index is 1.35. The van der Waals surface area contributed by atoms with Gasteiger partial charge in [-0.2, -0.15) is 0 Å². The number of thiazole rings is 1. The molecule has 2 aromatic carbocycles. The molecule has 0 spiro atoms. The smallest absolute Gasteiger partial charge is 0.411 e. The van der Waals surface area contributed by atoms with Gasteiger partial charge in [0.15, 0.2) is 11.6 Å². The predicted octanol–water partition coefficient (Wildman–Crippen LogP) is 5.25. The zero-order valence-corrected chi connectivity index (χ0v) is 22.0. The van der Waals surface area contributed by atoms with Gasteiger partial charge in [-0.15, -0.1) is 11.3 Å². The molecule has 4 heterocycles. The summed E-state index contributed by atoms with van der Waals surface area (Å²) in [6.45, 7) is 1.95. The van der Waals surface area contributed by atoms with E-state index in [9.17, 15) is 9.90 Å². The molecule has 0 bridgehead atoms. The van der Waals surface area contributed by atoms with Crippen LogP contribution in [-0.4, -0.2) is 58.0 Å². The summed E-state index contributed by atoms with van der Waals surface area (Å²) in [5.74, 6) is 0.362. The van der Waals surface area contributed by atoms with Crippen LogP contribution < -0.4 is 19.1 Å². The predicted molar refractivity (Wildman–Crippen MR) is 144 cm³/mol. The molecule has 0 saturated carbocycles. The number of hydrogen-bond donors (Lipinski definition) is 1. The fraction of sp³-hybridized carbons (Fsp3) is 0.222. The van der Waals surface area contributed by atoms with Gasteiger partial charge in [-0.05, 0) is 30.7 Å². The lowest BCUT2D eigenvalue weighted by atomic mass is 10.1. The van der Waals surface area contributed by atoms with Crippen LogP contribution in [0.1, 0.15) is 11.1 Å². The summed E-state index contributed by atoms with van der Waals surface area (Å²) in [5.41, 5.74) is 4.62. The van der Waals surface area contributed by atoms with Crippen molar-refractivity contribution in [1.82, 2.24) is 19.9 Å². The summed E-state index contributed by atoms with van der Waals surface area (Å²) in [6.07, 6.45) is 1.52. The highest BCUT2D eigenvalue weighted by Gasteiger charge is 2.33. The second kappa shape index (κ2) is 9.62. The molecular formula is C27H22FN5O5S.